The first-order chi connectivity index (χ1) is 16.4. The third-order valence-corrected chi connectivity index (χ3v) is 6.58. The molecule has 0 N–H and O–H groups in total. The van der Waals surface area contributed by atoms with Gasteiger partial charge in [-0.05, 0) is 67.3 Å². The van der Waals surface area contributed by atoms with E-state index >= 15 is 0 Å². The third-order valence-electron chi connectivity index (χ3n) is 6.58. The van der Waals surface area contributed by atoms with Gasteiger partial charge in [-0.25, -0.2) is 0 Å². The van der Waals surface area contributed by atoms with Crippen molar-refractivity contribution in [3.05, 3.63) is 94.0 Å². The lowest BCUT2D eigenvalue weighted by atomic mass is 10.1. The number of hydrogen-bond donors (Lipinski definition) is 0. The number of carbonyl (C=O) groups is 1. The molecule has 1 aliphatic heterocycles. The highest BCUT2D eigenvalue weighted by atomic mass is 16.5. The monoisotopic (exact) mass is 458 g/mol. The number of aryl methyl sites for hydroxylation is 2. The molecule has 1 amide bonds. The molecule has 0 aromatic heterocycles. The summed E-state index contributed by atoms with van der Waals surface area (Å²) in [6, 6.07) is 20.3. The molecular weight excluding hydrogens is 424 g/mol. The molecule has 3 aromatic rings. The highest BCUT2D eigenvalue weighted by Gasteiger charge is 2.23. The zero-order valence-electron chi connectivity index (χ0n) is 20.6. The van der Waals surface area contributed by atoms with E-state index in [9.17, 15) is 4.79 Å². The Hall–Kier alpha value is -3.31. The summed E-state index contributed by atoms with van der Waals surface area (Å²) >= 11 is 0. The molecule has 5 heteroatoms. The standard InChI is InChI=1S/C29H34N2O3/c1-21-16-22(2)23(3)28(17-21)34-20-26-18-25(10-11-27(26)33-4)29(32)31-14-12-30(13-15-31)19-24-8-6-5-7-9-24/h5-11,16-18H,12-15,19-20H2,1-4H3. The summed E-state index contributed by atoms with van der Waals surface area (Å²) in [4.78, 5) is 17.6. The van der Waals surface area contributed by atoms with Crippen molar-refractivity contribution < 1.29 is 14.3 Å². The minimum Gasteiger partial charge on any atom is -0.496 e. The zero-order valence-corrected chi connectivity index (χ0v) is 20.6. The fraction of sp³-hybridized carbons (Fsp3) is 0.345. The van der Waals surface area contributed by atoms with Gasteiger partial charge in [0.1, 0.15) is 18.1 Å². The predicted octanol–water partition coefficient (Wildman–Crippen LogP) is 5.16. The fourth-order valence-electron chi connectivity index (χ4n) is 4.46. The second-order valence-electron chi connectivity index (χ2n) is 9.07. The Kier molecular flexibility index (Phi) is 7.53. The van der Waals surface area contributed by atoms with E-state index in [1.807, 2.05) is 29.2 Å². The molecule has 1 heterocycles. The maximum Gasteiger partial charge on any atom is 0.253 e. The van der Waals surface area contributed by atoms with E-state index in [4.69, 9.17) is 9.47 Å². The molecule has 0 saturated carbocycles. The van der Waals surface area contributed by atoms with E-state index in [0.717, 1.165) is 55.3 Å². The maximum atomic E-state index is 13.3. The van der Waals surface area contributed by atoms with E-state index < -0.39 is 0 Å². The maximum absolute atomic E-state index is 13.3. The summed E-state index contributed by atoms with van der Waals surface area (Å²) in [5.74, 6) is 1.66. The van der Waals surface area contributed by atoms with Crippen LogP contribution in [-0.2, 0) is 13.2 Å². The minimum absolute atomic E-state index is 0.0610. The van der Waals surface area contributed by atoms with Crippen molar-refractivity contribution in [3.63, 3.8) is 0 Å². The molecule has 1 saturated heterocycles. The Morgan fingerprint density at radius 1 is 0.882 bits per heavy atom. The SMILES string of the molecule is COc1ccc(C(=O)N2CCN(Cc3ccccc3)CC2)cc1COc1cc(C)cc(C)c1C. The fourth-order valence-corrected chi connectivity index (χ4v) is 4.46. The summed E-state index contributed by atoms with van der Waals surface area (Å²) in [6.07, 6.45) is 0. The van der Waals surface area contributed by atoms with Gasteiger partial charge in [0.05, 0.1) is 7.11 Å². The van der Waals surface area contributed by atoms with Crippen molar-refractivity contribution in [1.82, 2.24) is 9.80 Å². The third kappa shape index (κ3) is 5.60. The molecular formula is C29H34N2O3. The number of piperazine rings is 1. The van der Waals surface area contributed by atoms with Gasteiger partial charge < -0.3 is 14.4 Å². The number of benzene rings is 3. The highest BCUT2D eigenvalue weighted by molar-refractivity contribution is 5.94. The molecule has 4 rings (SSSR count). The van der Waals surface area contributed by atoms with Crippen LogP contribution in [0.2, 0.25) is 0 Å². The Balaban J connectivity index is 1.41. The summed E-state index contributed by atoms with van der Waals surface area (Å²) < 4.78 is 11.7. The molecule has 34 heavy (non-hydrogen) atoms. The molecule has 0 atom stereocenters. The zero-order chi connectivity index (χ0) is 24.1. The number of nitrogens with zero attached hydrogens (tertiary/aromatic N) is 2. The molecule has 0 unspecified atom stereocenters. The van der Waals surface area contributed by atoms with Gasteiger partial charge >= 0.3 is 0 Å². The summed E-state index contributed by atoms with van der Waals surface area (Å²) in [5, 5.41) is 0. The molecule has 1 aliphatic rings. The average molecular weight is 459 g/mol. The summed E-state index contributed by atoms with van der Waals surface area (Å²) in [6.45, 7) is 10.7. The van der Waals surface area contributed by atoms with Gasteiger partial charge in [0.25, 0.3) is 5.91 Å². The highest BCUT2D eigenvalue weighted by Crippen LogP contribution is 2.27. The van der Waals surface area contributed by atoms with Crippen LogP contribution in [0.5, 0.6) is 11.5 Å². The molecule has 0 spiro atoms. The van der Waals surface area contributed by atoms with Gasteiger partial charge in [0, 0.05) is 43.9 Å². The number of hydrogen-bond acceptors (Lipinski definition) is 4. The number of rotatable bonds is 7. The first-order valence-corrected chi connectivity index (χ1v) is 11.9. The van der Waals surface area contributed by atoms with Crippen molar-refractivity contribution in [3.8, 4) is 11.5 Å². The lowest BCUT2D eigenvalue weighted by Gasteiger charge is -2.35. The van der Waals surface area contributed by atoms with Crippen LogP contribution in [0.15, 0.2) is 60.7 Å². The van der Waals surface area contributed by atoms with Crippen LogP contribution in [0, 0.1) is 20.8 Å². The van der Waals surface area contributed by atoms with Gasteiger partial charge in [0.15, 0.2) is 0 Å². The van der Waals surface area contributed by atoms with Crippen LogP contribution < -0.4 is 9.47 Å². The average Bonchev–Trinajstić information content (AvgIpc) is 2.86. The molecule has 1 fully saturated rings. The van der Waals surface area contributed by atoms with Crippen molar-refractivity contribution in [2.75, 3.05) is 33.3 Å². The quantitative estimate of drug-likeness (QED) is 0.491. The van der Waals surface area contributed by atoms with Gasteiger partial charge in [-0.15, -0.1) is 0 Å². The number of carbonyl (C=O) groups excluding carboxylic acids is 1. The van der Waals surface area contributed by atoms with Gasteiger partial charge in [-0.3, -0.25) is 9.69 Å². The first-order valence-electron chi connectivity index (χ1n) is 11.9. The molecule has 3 aromatic carbocycles. The Bertz CT molecular complexity index is 1140. The number of ether oxygens (including phenoxy) is 2. The van der Waals surface area contributed by atoms with Crippen LogP contribution in [0.3, 0.4) is 0 Å². The van der Waals surface area contributed by atoms with E-state index in [1.165, 1.54) is 16.7 Å². The van der Waals surface area contributed by atoms with Crippen LogP contribution >= 0.6 is 0 Å². The Morgan fingerprint density at radius 2 is 1.62 bits per heavy atom. The topological polar surface area (TPSA) is 42.0 Å². The van der Waals surface area contributed by atoms with E-state index in [2.05, 4.69) is 62.1 Å². The molecule has 178 valence electrons. The molecule has 0 radical (unpaired) electrons. The van der Waals surface area contributed by atoms with Crippen LogP contribution in [0.25, 0.3) is 0 Å². The normalized spacial score (nSPS) is 14.2. The second kappa shape index (κ2) is 10.7. The number of amides is 1. The molecule has 0 bridgehead atoms. The smallest absolute Gasteiger partial charge is 0.253 e. The van der Waals surface area contributed by atoms with Gasteiger partial charge in [0.2, 0.25) is 0 Å². The summed E-state index contributed by atoms with van der Waals surface area (Å²) in [7, 11) is 1.65. The Morgan fingerprint density at radius 3 is 2.32 bits per heavy atom. The second-order valence-corrected chi connectivity index (χ2v) is 9.07. The van der Waals surface area contributed by atoms with Crippen molar-refractivity contribution in [1.29, 1.82) is 0 Å². The van der Waals surface area contributed by atoms with Gasteiger partial charge in [-0.2, -0.15) is 0 Å². The van der Waals surface area contributed by atoms with Crippen LogP contribution in [0.4, 0.5) is 0 Å². The Labute approximate surface area is 202 Å². The van der Waals surface area contributed by atoms with Gasteiger partial charge in [-0.1, -0.05) is 36.4 Å². The van der Waals surface area contributed by atoms with E-state index in [1.54, 1.807) is 7.11 Å². The predicted molar refractivity (Wildman–Crippen MR) is 136 cm³/mol. The van der Waals surface area contributed by atoms with E-state index in [-0.39, 0.29) is 5.91 Å². The van der Waals surface area contributed by atoms with Crippen LogP contribution in [0.1, 0.15) is 38.2 Å². The first kappa shape index (κ1) is 23.8. The lowest BCUT2D eigenvalue weighted by molar-refractivity contribution is 0.0628. The lowest BCUT2D eigenvalue weighted by Crippen LogP contribution is -2.48. The largest absolute Gasteiger partial charge is 0.496 e. The van der Waals surface area contributed by atoms with Crippen molar-refractivity contribution in [2.45, 2.75) is 33.9 Å². The number of methoxy groups -OCH3 is 1. The van der Waals surface area contributed by atoms with Crippen LogP contribution in [-0.4, -0.2) is 49.0 Å². The minimum atomic E-state index is 0.0610. The summed E-state index contributed by atoms with van der Waals surface area (Å²) in [5.41, 5.74) is 6.35. The molecule has 5 nitrogen and oxygen atoms in total. The molecule has 0 aliphatic carbocycles. The van der Waals surface area contributed by atoms with Crippen molar-refractivity contribution >= 4 is 5.91 Å². The van der Waals surface area contributed by atoms with Crippen molar-refractivity contribution in [2.24, 2.45) is 0 Å². The van der Waals surface area contributed by atoms with E-state index in [0.29, 0.717) is 12.2 Å².